The molecule has 2 aromatic rings. The van der Waals surface area contributed by atoms with Crippen LogP contribution in [0.25, 0.3) is 10.6 Å². The third kappa shape index (κ3) is 4.53. The van der Waals surface area contributed by atoms with Gasteiger partial charge in [0, 0.05) is 19.0 Å². The zero-order valence-electron chi connectivity index (χ0n) is 12.2. The van der Waals surface area contributed by atoms with Gasteiger partial charge in [-0.3, -0.25) is 9.59 Å². The van der Waals surface area contributed by atoms with Crippen molar-refractivity contribution in [1.29, 1.82) is 0 Å². The molecule has 0 saturated heterocycles. The standard InChI is InChI=1S/C15H19N3O2S/c1-11(2)10-14(19)16-7-8-18-15(20)6-5-12(17-18)13-4-3-9-21-13/h3-6,9,11H,7-8,10H2,1-2H3,(H,16,19). The molecule has 6 heteroatoms. The average Bonchev–Trinajstić information content (AvgIpc) is 2.94. The van der Waals surface area contributed by atoms with Gasteiger partial charge < -0.3 is 5.32 Å². The maximum atomic E-state index is 11.8. The summed E-state index contributed by atoms with van der Waals surface area (Å²) in [5, 5.41) is 9.11. The molecule has 2 aromatic heterocycles. The number of carbonyl (C=O) groups is 1. The first kappa shape index (κ1) is 15.4. The van der Waals surface area contributed by atoms with Crippen molar-refractivity contribution in [3.8, 4) is 10.6 Å². The molecule has 0 spiro atoms. The molecule has 0 atom stereocenters. The Labute approximate surface area is 127 Å². The Kier molecular flexibility index (Phi) is 5.27. The first-order valence-corrected chi connectivity index (χ1v) is 7.83. The van der Waals surface area contributed by atoms with E-state index in [1.165, 1.54) is 10.7 Å². The van der Waals surface area contributed by atoms with Crippen molar-refractivity contribution in [1.82, 2.24) is 15.1 Å². The summed E-state index contributed by atoms with van der Waals surface area (Å²) in [7, 11) is 0. The Bertz CT molecular complexity index is 647. The van der Waals surface area contributed by atoms with Gasteiger partial charge in [0.05, 0.1) is 11.4 Å². The monoisotopic (exact) mass is 305 g/mol. The fourth-order valence-corrected chi connectivity index (χ4v) is 2.60. The van der Waals surface area contributed by atoms with Gasteiger partial charge in [0.2, 0.25) is 5.91 Å². The second-order valence-corrected chi connectivity index (χ2v) is 6.15. The summed E-state index contributed by atoms with van der Waals surface area (Å²) in [4.78, 5) is 24.4. The van der Waals surface area contributed by atoms with Crippen molar-refractivity contribution in [2.75, 3.05) is 6.54 Å². The van der Waals surface area contributed by atoms with E-state index in [0.717, 1.165) is 10.6 Å². The van der Waals surface area contributed by atoms with Crippen LogP contribution >= 0.6 is 11.3 Å². The predicted octanol–water partition coefficient (Wildman–Crippen LogP) is 2.13. The molecule has 1 N–H and O–H groups in total. The van der Waals surface area contributed by atoms with Crippen LogP contribution in [-0.2, 0) is 11.3 Å². The van der Waals surface area contributed by atoms with E-state index in [1.54, 1.807) is 17.4 Å². The maximum absolute atomic E-state index is 11.8. The fraction of sp³-hybridized carbons (Fsp3) is 0.400. The SMILES string of the molecule is CC(C)CC(=O)NCCn1nc(-c2cccs2)ccc1=O. The zero-order valence-corrected chi connectivity index (χ0v) is 13.0. The molecule has 2 heterocycles. The molecule has 5 nitrogen and oxygen atoms in total. The molecule has 0 unspecified atom stereocenters. The van der Waals surface area contributed by atoms with Gasteiger partial charge in [0.1, 0.15) is 5.69 Å². The molecule has 0 aliphatic heterocycles. The van der Waals surface area contributed by atoms with Crippen LogP contribution in [0.1, 0.15) is 20.3 Å². The van der Waals surface area contributed by atoms with Crippen LogP contribution in [0.2, 0.25) is 0 Å². The number of nitrogens with zero attached hydrogens (tertiary/aromatic N) is 2. The summed E-state index contributed by atoms with van der Waals surface area (Å²) in [6, 6.07) is 7.15. The third-order valence-electron chi connectivity index (χ3n) is 2.88. The van der Waals surface area contributed by atoms with Crippen LogP contribution in [0.5, 0.6) is 0 Å². The van der Waals surface area contributed by atoms with Crippen LogP contribution in [0.3, 0.4) is 0 Å². The van der Waals surface area contributed by atoms with E-state index in [0.29, 0.717) is 25.4 Å². The topological polar surface area (TPSA) is 64.0 Å². The molecule has 0 radical (unpaired) electrons. The van der Waals surface area contributed by atoms with E-state index < -0.39 is 0 Å². The summed E-state index contributed by atoms with van der Waals surface area (Å²) in [5.74, 6) is 0.334. The molecule has 1 amide bonds. The fourth-order valence-electron chi connectivity index (χ4n) is 1.91. The number of rotatable bonds is 6. The zero-order chi connectivity index (χ0) is 15.2. The van der Waals surface area contributed by atoms with Crippen molar-refractivity contribution >= 4 is 17.2 Å². The van der Waals surface area contributed by atoms with Crippen LogP contribution in [0.4, 0.5) is 0 Å². The molecule has 2 rings (SSSR count). The molecular weight excluding hydrogens is 286 g/mol. The average molecular weight is 305 g/mol. The van der Waals surface area contributed by atoms with Crippen LogP contribution in [0.15, 0.2) is 34.4 Å². The van der Waals surface area contributed by atoms with Gasteiger partial charge in [-0.1, -0.05) is 19.9 Å². The van der Waals surface area contributed by atoms with Crippen LogP contribution in [-0.4, -0.2) is 22.2 Å². The number of amides is 1. The van der Waals surface area contributed by atoms with E-state index in [2.05, 4.69) is 10.4 Å². The van der Waals surface area contributed by atoms with Crippen LogP contribution < -0.4 is 10.9 Å². The number of carbonyl (C=O) groups excluding carboxylic acids is 1. The largest absolute Gasteiger partial charge is 0.354 e. The second-order valence-electron chi connectivity index (χ2n) is 5.21. The molecule has 21 heavy (non-hydrogen) atoms. The highest BCUT2D eigenvalue weighted by Gasteiger charge is 2.06. The van der Waals surface area contributed by atoms with E-state index >= 15 is 0 Å². The highest BCUT2D eigenvalue weighted by Crippen LogP contribution is 2.20. The molecular formula is C15H19N3O2S. The normalized spacial score (nSPS) is 10.8. The summed E-state index contributed by atoms with van der Waals surface area (Å²) in [5.41, 5.74) is 0.617. The van der Waals surface area contributed by atoms with Gasteiger partial charge in [-0.15, -0.1) is 11.3 Å². The number of hydrogen-bond acceptors (Lipinski definition) is 4. The van der Waals surface area contributed by atoms with Crippen molar-refractivity contribution in [3.05, 3.63) is 40.0 Å². The first-order chi connectivity index (χ1) is 10.1. The Morgan fingerprint density at radius 2 is 2.19 bits per heavy atom. The highest BCUT2D eigenvalue weighted by atomic mass is 32.1. The van der Waals surface area contributed by atoms with Gasteiger partial charge in [-0.2, -0.15) is 5.10 Å². The molecule has 0 saturated carbocycles. The Balaban J connectivity index is 1.98. The third-order valence-corrected chi connectivity index (χ3v) is 3.77. The molecule has 0 aromatic carbocycles. The number of aromatic nitrogens is 2. The lowest BCUT2D eigenvalue weighted by atomic mass is 10.1. The molecule has 112 valence electrons. The number of nitrogens with one attached hydrogen (secondary N) is 1. The predicted molar refractivity (Wildman–Crippen MR) is 84.3 cm³/mol. The van der Waals surface area contributed by atoms with Gasteiger partial charge in [-0.25, -0.2) is 4.68 Å². The van der Waals surface area contributed by atoms with Crippen molar-refractivity contribution < 1.29 is 4.79 Å². The molecule has 0 fully saturated rings. The van der Waals surface area contributed by atoms with E-state index in [-0.39, 0.29) is 11.5 Å². The Morgan fingerprint density at radius 3 is 2.86 bits per heavy atom. The highest BCUT2D eigenvalue weighted by molar-refractivity contribution is 7.13. The molecule has 0 aliphatic rings. The quantitative estimate of drug-likeness (QED) is 0.889. The van der Waals surface area contributed by atoms with Gasteiger partial charge >= 0.3 is 0 Å². The smallest absolute Gasteiger partial charge is 0.266 e. The first-order valence-electron chi connectivity index (χ1n) is 6.95. The van der Waals surface area contributed by atoms with Gasteiger partial charge in [-0.05, 0) is 23.4 Å². The van der Waals surface area contributed by atoms with Crippen LogP contribution in [0, 0.1) is 5.92 Å². The number of hydrogen-bond donors (Lipinski definition) is 1. The molecule has 0 bridgehead atoms. The lowest BCUT2D eigenvalue weighted by Crippen LogP contribution is -2.32. The van der Waals surface area contributed by atoms with Crippen molar-refractivity contribution in [2.24, 2.45) is 5.92 Å². The van der Waals surface area contributed by atoms with E-state index in [1.807, 2.05) is 31.4 Å². The van der Waals surface area contributed by atoms with Crippen molar-refractivity contribution in [3.63, 3.8) is 0 Å². The minimum Gasteiger partial charge on any atom is -0.354 e. The van der Waals surface area contributed by atoms with E-state index in [9.17, 15) is 9.59 Å². The van der Waals surface area contributed by atoms with Crippen molar-refractivity contribution in [2.45, 2.75) is 26.8 Å². The van der Waals surface area contributed by atoms with Gasteiger partial charge in [0.25, 0.3) is 5.56 Å². The Hall–Kier alpha value is -1.95. The minimum absolute atomic E-state index is 0.00691. The number of thiophene rings is 1. The Morgan fingerprint density at radius 1 is 1.38 bits per heavy atom. The summed E-state index contributed by atoms with van der Waals surface area (Å²) >= 11 is 1.58. The minimum atomic E-state index is -0.159. The summed E-state index contributed by atoms with van der Waals surface area (Å²) in [6.07, 6.45) is 0.498. The molecule has 0 aliphatic carbocycles. The second kappa shape index (κ2) is 7.17. The summed E-state index contributed by atoms with van der Waals surface area (Å²) in [6.45, 7) is 4.78. The van der Waals surface area contributed by atoms with Gasteiger partial charge in [0.15, 0.2) is 0 Å². The van der Waals surface area contributed by atoms with E-state index in [4.69, 9.17) is 0 Å². The lowest BCUT2D eigenvalue weighted by molar-refractivity contribution is -0.121. The maximum Gasteiger partial charge on any atom is 0.266 e. The lowest BCUT2D eigenvalue weighted by Gasteiger charge is -2.09. The summed E-state index contributed by atoms with van der Waals surface area (Å²) < 4.78 is 1.39.